The average molecular weight is 233 g/mol. The van der Waals surface area contributed by atoms with Gasteiger partial charge in [0, 0.05) is 13.2 Å². The van der Waals surface area contributed by atoms with Gasteiger partial charge in [0.15, 0.2) is 0 Å². The third-order valence-electron chi connectivity index (χ3n) is 3.11. The molecule has 0 fully saturated rings. The maximum atomic E-state index is 5.27. The van der Waals surface area contributed by atoms with Gasteiger partial charge in [-0.25, -0.2) is 4.98 Å². The number of aromatic nitrogens is 2. The van der Waals surface area contributed by atoms with E-state index >= 15 is 0 Å². The lowest BCUT2D eigenvalue weighted by molar-refractivity contribution is 0.0880. The number of aromatic amines is 1. The number of methoxy groups -OCH3 is 1. The minimum absolute atomic E-state index is 0.194. The van der Waals surface area contributed by atoms with Crippen molar-refractivity contribution >= 4 is 11.0 Å². The summed E-state index contributed by atoms with van der Waals surface area (Å²) in [6.07, 6.45) is 0.194. The molecular formula is C13H19N3O. The highest BCUT2D eigenvalue weighted by molar-refractivity contribution is 5.74. The Hall–Kier alpha value is -1.39. The van der Waals surface area contributed by atoms with Crippen molar-refractivity contribution in [2.45, 2.75) is 32.5 Å². The van der Waals surface area contributed by atoms with Gasteiger partial charge >= 0.3 is 0 Å². The molecule has 0 spiro atoms. The lowest BCUT2D eigenvalue weighted by Crippen LogP contribution is -2.36. The Kier molecular flexibility index (Phi) is 3.76. The number of fused-ring (bicyclic) bond motifs is 1. The molecule has 0 saturated carbocycles. The molecule has 0 amide bonds. The summed E-state index contributed by atoms with van der Waals surface area (Å²) in [6.45, 7) is 4.89. The highest BCUT2D eigenvalue weighted by Crippen LogP contribution is 2.10. The highest BCUT2D eigenvalue weighted by Gasteiger charge is 2.11. The molecule has 1 aromatic heterocycles. The molecule has 0 aliphatic carbocycles. The van der Waals surface area contributed by atoms with Crippen molar-refractivity contribution < 1.29 is 4.74 Å². The van der Waals surface area contributed by atoms with Gasteiger partial charge in [-0.3, -0.25) is 0 Å². The Labute approximate surface area is 101 Å². The number of ether oxygens (including phenoxy) is 1. The van der Waals surface area contributed by atoms with Crippen molar-refractivity contribution in [2.24, 2.45) is 0 Å². The van der Waals surface area contributed by atoms with Crippen LogP contribution in [0.3, 0.4) is 0 Å². The number of para-hydroxylation sites is 2. The zero-order valence-corrected chi connectivity index (χ0v) is 10.5. The van der Waals surface area contributed by atoms with Gasteiger partial charge in [-0.15, -0.1) is 0 Å². The van der Waals surface area contributed by atoms with E-state index in [9.17, 15) is 0 Å². The minimum atomic E-state index is 0.194. The summed E-state index contributed by atoms with van der Waals surface area (Å²) in [7, 11) is 1.73. The van der Waals surface area contributed by atoms with E-state index in [0.29, 0.717) is 6.04 Å². The Balaban J connectivity index is 1.99. The van der Waals surface area contributed by atoms with Crippen LogP contribution in [-0.2, 0) is 11.3 Å². The SMILES string of the molecule is COC(C)C(C)NCc1nc2ccccc2[nH]1. The maximum absolute atomic E-state index is 5.27. The van der Waals surface area contributed by atoms with Crippen LogP contribution in [0.25, 0.3) is 11.0 Å². The Morgan fingerprint density at radius 2 is 2.12 bits per heavy atom. The third kappa shape index (κ3) is 2.84. The molecule has 0 aliphatic rings. The molecule has 1 aromatic carbocycles. The number of hydrogen-bond acceptors (Lipinski definition) is 3. The molecule has 4 heteroatoms. The maximum Gasteiger partial charge on any atom is 0.121 e. The summed E-state index contributed by atoms with van der Waals surface area (Å²) >= 11 is 0. The van der Waals surface area contributed by atoms with Crippen LogP contribution in [0.1, 0.15) is 19.7 Å². The molecule has 0 bridgehead atoms. The van der Waals surface area contributed by atoms with Crippen LogP contribution in [0.4, 0.5) is 0 Å². The van der Waals surface area contributed by atoms with Crippen LogP contribution < -0.4 is 5.32 Å². The van der Waals surface area contributed by atoms with Gasteiger partial charge in [-0.2, -0.15) is 0 Å². The minimum Gasteiger partial charge on any atom is -0.380 e. The summed E-state index contributed by atoms with van der Waals surface area (Å²) in [5.74, 6) is 0.960. The Morgan fingerprint density at radius 3 is 2.82 bits per heavy atom. The van der Waals surface area contributed by atoms with Crippen LogP contribution in [0.15, 0.2) is 24.3 Å². The number of nitrogens with zero attached hydrogens (tertiary/aromatic N) is 1. The Morgan fingerprint density at radius 1 is 1.35 bits per heavy atom. The van der Waals surface area contributed by atoms with Crippen molar-refractivity contribution in [2.75, 3.05) is 7.11 Å². The second kappa shape index (κ2) is 5.29. The third-order valence-corrected chi connectivity index (χ3v) is 3.11. The van der Waals surface area contributed by atoms with Gasteiger partial charge in [-0.1, -0.05) is 12.1 Å². The van der Waals surface area contributed by atoms with Crippen LogP contribution in [0.5, 0.6) is 0 Å². The molecule has 1 heterocycles. The number of hydrogen-bond donors (Lipinski definition) is 2. The second-order valence-electron chi connectivity index (χ2n) is 4.31. The summed E-state index contributed by atoms with van der Waals surface area (Å²) in [5, 5.41) is 3.39. The fourth-order valence-electron chi connectivity index (χ4n) is 1.72. The summed E-state index contributed by atoms with van der Waals surface area (Å²) in [6, 6.07) is 8.35. The molecule has 2 aromatic rings. The summed E-state index contributed by atoms with van der Waals surface area (Å²) < 4.78 is 5.27. The van der Waals surface area contributed by atoms with Crippen molar-refractivity contribution in [3.63, 3.8) is 0 Å². The molecule has 92 valence electrons. The predicted molar refractivity (Wildman–Crippen MR) is 68.9 cm³/mol. The van der Waals surface area contributed by atoms with E-state index in [2.05, 4.69) is 29.1 Å². The molecule has 17 heavy (non-hydrogen) atoms. The normalized spacial score (nSPS) is 15.0. The van der Waals surface area contributed by atoms with E-state index in [0.717, 1.165) is 23.4 Å². The fourth-order valence-corrected chi connectivity index (χ4v) is 1.72. The van der Waals surface area contributed by atoms with Gasteiger partial charge in [-0.05, 0) is 26.0 Å². The zero-order chi connectivity index (χ0) is 12.3. The summed E-state index contributed by atoms with van der Waals surface area (Å²) in [4.78, 5) is 7.80. The van der Waals surface area contributed by atoms with Crippen LogP contribution in [-0.4, -0.2) is 29.2 Å². The predicted octanol–water partition coefficient (Wildman–Crippen LogP) is 2.08. The van der Waals surface area contributed by atoms with Crippen LogP contribution in [0.2, 0.25) is 0 Å². The average Bonchev–Trinajstić information content (AvgIpc) is 2.77. The van der Waals surface area contributed by atoms with Crippen molar-refractivity contribution in [3.05, 3.63) is 30.1 Å². The molecule has 2 rings (SSSR count). The standard InChI is InChI=1S/C13H19N3O/c1-9(10(2)17-3)14-8-13-15-11-6-4-5-7-12(11)16-13/h4-7,9-10,14H,8H2,1-3H3,(H,15,16). The fraction of sp³-hybridized carbons (Fsp3) is 0.462. The van der Waals surface area contributed by atoms with E-state index < -0.39 is 0 Å². The van der Waals surface area contributed by atoms with Gasteiger partial charge in [0.25, 0.3) is 0 Å². The van der Waals surface area contributed by atoms with Crippen LogP contribution >= 0.6 is 0 Å². The second-order valence-corrected chi connectivity index (χ2v) is 4.31. The molecule has 2 unspecified atom stereocenters. The van der Waals surface area contributed by atoms with Crippen molar-refractivity contribution in [3.8, 4) is 0 Å². The molecule has 0 aliphatic heterocycles. The molecule has 0 radical (unpaired) electrons. The van der Waals surface area contributed by atoms with E-state index in [1.807, 2.05) is 24.3 Å². The largest absolute Gasteiger partial charge is 0.380 e. The van der Waals surface area contributed by atoms with E-state index in [4.69, 9.17) is 4.74 Å². The van der Waals surface area contributed by atoms with E-state index in [1.165, 1.54) is 0 Å². The van der Waals surface area contributed by atoms with Gasteiger partial charge in [0.05, 0.1) is 23.7 Å². The molecular weight excluding hydrogens is 214 g/mol. The van der Waals surface area contributed by atoms with Crippen molar-refractivity contribution in [1.82, 2.24) is 15.3 Å². The first-order valence-corrected chi connectivity index (χ1v) is 5.90. The van der Waals surface area contributed by atoms with Crippen molar-refractivity contribution in [1.29, 1.82) is 0 Å². The smallest absolute Gasteiger partial charge is 0.121 e. The first-order chi connectivity index (χ1) is 8.20. The highest BCUT2D eigenvalue weighted by atomic mass is 16.5. The molecule has 0 saturated heterocycles. The topological polar surface area (TPSA) is 49.9 Å². The van der Waals surface area contributed by atoms with Gasteiger partial charge in [0.2, 0.25) is 0 Å². The lowest BCUT2D eigenvalue weighted by Gasteiger charge is -2.19. The first kappa shape index (κ1) is 12.1. The van der Waals surface area contributed by atoms with E-state index in [-0.39, 0.29) is 6.10 Å². The number of imidazole rings is 1. The Bertz CT molecular complexity index is 447. The van der Waals surface area contributed by atoms with Gasteiger partial charge in [0.1, 0.15) is 5.82 Å². The zero-order valence-electron chi connectivity index (χ0n) is 10.5. The van der Waals surface area contributed by atoms with Gasteiger partial charge < -0.3 is 15.0 Å². The van der Waals surface area contributed by atoms with Crippen LogP contribution in [0, 0.1) is 0 Å². The number of benzene rings is 1. The monoisotopic (exact) mass is 233 g/mol. The molecule has 4 nitrogen and oxygen atoms in total. The first-order valence-electron chi connectivity index (χ1n) is 5.90. The lowest BCUT2D eigenvalue weighted by atomic mass is 10.2. The molecule has 2 N–H and O–H groups in total. The van der Waals surface area contributed by atoms with E-state index in [1.54, 1.807) is 7.11 Å². The number of H-pyrrole nitrogens is 1. The quantitative estimate of drug-likeness (QED) is 0.831. The number of rotatable bonds is 5. The number of nitrogens with one attached hydrogen (secondary N) is 2. The molecule has 2 atom stereocenters. The summed E-state index contributed by atoms with van der Waals surface area (Å²) in [5.41, 5.74) is 2.09.